The van der Waals surface area contributed by atoms with E-state index in [4.69, 9.17) is 4.74 Å². The number of ether oxygens (including phenoxy) is 1. The molecule has 0 saturated carbocycles. The Bertz CT molecular complexity index is 216. The summed E-state index contributed by atoms with van der Waals surface area (Å²) in [7, 11) is 2.06. The highest BCUT2D eigenvalue weighted by molar-refractivity contribution is 5.87. The Morgan fingerprint density at radius 1 is 1.71 bits per heavy atom. The van der Waals surface area contributed by atoms with E-state index in [2.05, 4.69) is 17.3 Å². The smallest absolute Gasteiger partial charge is 0.243 e. The zero-order chi connectivity index (χ0) is 10.4. The fraction of sp³-hybridized carbons (Fsp3) is 0.700. The van der Waals surface area contributed by atoms with E-state index in [1.54, 1.807) is 6.08 Å². The molecular weight excluding hydrogens is 180 g/mol. The maximum Gasteiger partial charge on any atom is 0.243 e. The number of carbonyl (C=O) groups is 1. The monoisotopic (exact) mass is 198 g/mol. The third-order valence-corrected chi connectivity index (χ3v) is 2.16. The molecule has 1 N–H and O–H groups in total. The van der Waals surface area contributed by atoms with Crippen molar-refractivity contribution in [2.24, 2.45) is 0 Å². The van der Waals surface area contributed by atoms with Gasteiger partial charge in [-0.2, -0.15) is 0 Å². The maximum absolute atomic E-state index is 11.1. The molecule has 1 atom stereocenters. The second-order valence-electron chi connectivity index (χ2n) is 3.50. The van der Waals surface area contributed by atoms with Gasteiger partial charge < -0.3 is 15.0 Å². The van der Waals surface area contributed by atoms with E-state index in [9.17, 15) is 4.79 Å². The summed E-state index contributed by atoms with van der Waals surface area (Å²) in [6.45, 7) is 5.02. The predicted octanol–water partition coefficient (Wildman–Crippen LogP) is 0.00930. The minimum atomic E-state index is -0.0515. The quantitative estimate of drug-likeness (QED) is 0.649. The molecule has 0 aliphatic carbocycles. The maximum atomic E-state index is 11.1. The number of carbonyl (C=O) groups excluding carboxylic acids is 1. The average molecular weight is 198 g/mol. The zero-order valence-electron chi connectivity index (χ0n) is 8.82. The largest absolute Gasteiger partial charge is 0.374 e. The summed E-state index contributed by atoms with van der Waals surface area (Å²) < 4.78 is 5.50. The van der Waals surface area contributed by atoms with Crippen molar-refractivity contribution in [3.05, 3.63) is 12.2 Å². The van der Waals surface area contributed by atoms with Gasteiger partial charge in [0.05, 0.1) is 12.7 Å². The molecule has 0 aromatic heterocycles. The topological polar surface area (TPSA) is 41.6 Å². The van der Waals surface area contributed by atoms with Crippen LogP contribution < -0.4 is 5.32 Å². The van der Waals surface area contributed by atoms with Gasteiger partial charge in [-0.25, -0.2) is 0 Å². The average Bonchev–Trinajstić information content (AvgIpc) is 2.15. The predicted molar refractivity (Wildman–Crippen MR) is 55.1 cm³/mol. The molecule has 0 aromatic rings. The van der Waals surface area contributed by atoms with E-state index in [0.29, 0.717) is 6.54 Å². The highest BCUT2D eigenvalue weighted by Crippen LogP contribution is 2.01. The lowest BCUT2D eigenvalue weighted by Crippen LogP contribution is -2.45. The van der Waals surface area contributed by atoms with Gasteiger partial charge in [-0.15, -0.1) is 0 Å². The Morgan fingerprint density at radius 2 is 2.50 bits per heavy atom. The summed E-state index contributed by atoms with van der Waals surface area (Å²) in [5.41, 5.74) is 0. The molecule has 1 aliphatic rings. The van der Waals surface area contributed by atoms with Crippen molar-refractivity contribution in [3.63, 3.8) is 0 Å². The van der Waals surface area contributed by atoms with Crippen LogP contribution in [0.2, 0.25) is 0 Å². The molecule has 0 aromatic carbocycles. The molecule has 1 rings (SSSR count). The van der Waals surface area contributed by atoms with Crippen LogP contribution in [0.4, 0.5) is 0 Å². The molecular formula is C10H18N2O2. The Kier molecular flexibility index (Phi) is 4.62. The van der Waals surface area contributed by atoms with E-state index in [1.807, 2.05) is 6.92 Å². The lowest BCUT2D eigenvalue weighted by Gasteiger charge is -2.29. The number of allylic oxidation sites excluding steroid dienone is 1. The SMILES string of the molecule is C/C=C/C(=O)NCC1CN(C)CCO1. The van der Waals surface area contributed by atoms with E-state index in [1.165, 1.54) is 6.08 Å². The first kappa shape index (κ1) is 11.2. The van der Waals surface area contributed by atoms with Gasteiger partial charge in [-0.3, -0.25) is 4.79 Å². The molecule has 14 heavy (non-hydrogen) atoms. The number of rotatable bonds is 3. The van der Waals surface area contributed by atoms with Crippen LogP contribution in [0, 0.1) is 0 Å². The first-order valence-corrected chi connectivity index (χ1v) is 4.93. The van der Waals surface area contributed by atoms with Crippen molar-refractivity contribution in [1.29, 1.82) is 0 Å². The molecule has 0 spiro atoms. The van der Waals surface area contributed by atoms with Gasteiger partial charge in [-0.05, 0) is 20.0 Å². The molecule has 4 nitrogen and oxygen atoms in total. The van der Waals surface area contributed by atoms with Crippen molar-refractivity contribution in [2.75, 3.05) is 33.3 Å². The van der Waals surface area contributed by atoms with Crippen molar-refractivity contribution in [2.45, 2.75) is 13.0 Å². The van der Waals surface area contributed by atoms with Crippen molar-refractivity contribution in [3.8, 4) is 0 Å². The summed E-state index contributed by atoms with van der Waals surface area (Å²) in [6.07, 6.45) is 3.37. The third kappa shape index (κ3) is 3.89. The zero-order valence-corrected chi connectivity index (χ0v) is 8.82. The summed E-state index contributed by atoms with van der Waals surface area (Å²) in [6, 6.07) is 0. The normalized spacial score (nSPS) is 24.0. The molecule has 1 fully saturated rings. The van der Waals surface area contributed by atoms with Gasteiger partial charge in [0.15, 0.2) is 0 Å². The van der Waals surface area contributed by atoms with Crippen LogP contribution in [0.15, 0.2) is 12.2 Å². The summed E-state index contributed by atoms with van der Waals surface area (Å²) in [5.74, 6) is -0.0515. The minimum Gasteiger partial charge on any atom is -0.374 e. The number of nitrogens with zero attached hydrogens (tertiary/aromatic N) is 1. The van der Waals surface area contributed by atoms with Gasteiger partial charge in [0.1, 0.15) is 0 Å². The molecule has 1 amide bonds. The fourth-order valence-electron chi connectivity index (χ4n) is 1.42. The number of likely N-dealkylation sites (N-methyl/N-ethyl adjacent to an activating group) is 1. The van der Waals surface area contributed by atoms with E-state index in [-0.39, 0.29) is 12.0 Å². The second-order valence-corrected chi connectivity index (χ2v) is 3.50. The third-order valence-electron chi connectivity index (χ3n) is 2.16. The van der Waals surface area contributed by atoms with Crippen molar-refractivity contribution >= 4 is 5.91 Å². The molecule has 1 saturated heterocycles. The van der Waals surface area contributed by atoms with E-state index in [0.717, 1.165) is 19.7 Å². The standard InChI is InChI=1S/C10H18N2O2/c1-3-4-10(13)11-7-9-8-12(2)5-6-14-9/h3-4,9H,5-8H2,1-2H3,(H,11,13)/b4-3+. The Labute approximate surface area is 84.9 Å². The van der Waals surface area contributed by atoms with Gasteiger partial charge in [-0.1, -0.05) is 6.08 Å². The van der Waals surface area contributed by atoms with Crippen LogP contribution in [0.25, 0.3) is 0 Å². The van der Waals surface area contributed by atoms with Crippen LogP contribution in [0.3, 0.4) is 0 Å². The van der Waals surface area contributed by atoms with E-state index >= 15 is 0 Å². The summed E-state index contributed by atoms with van der Waals surface area (Å²) in [4.78, 5) is 13.3. The first-order chi connectivity index (χ1) is 6.72. The van der Waals surface area contributed by atoms with E-state index < -0.39 is 0 Å². The number of amides is 1. The molecule has 0 bridgehead atoms. The molecule has 1 unspecified atom stereocenters. The Hall–Kier alpha value is -0.870. The Balaban J connectivity index is 2.20. The number of morpholine rings is 1. The fourth-order valence-corrected chi connectivity index (χ4v) is 1.42. The van der Waals surface area contributed by atoms with Crippen LogP contribution in [-0.2, 0) is 9.53 Å². The first-order valence-electron chi connectivity index (χ1n) is 4.93. The summed E-state index contributed by atoms with van der Waals surface area (Å²) in [5, 5.41) is 2.80. The van der Waals surface area contributed by atoms with Crippen LogP contribution in [-0.4, -0.2) is 50.2 Å². The number of nitrogens with one attached hydrogen (secondary N) is 1. The number of hydrogen-bond donors (Lipinski definition) is 1. The summed E-state index contributed by atoms with van der Waals surface area (Å²) >= 11 is 0. The van der Waals surface area contributed by atoms with Crippen LogP contribution in [0.1, 0.15) is 6.92 Å². The number of hydrogen-bond acceptors (Lipinski definition) is 3. The molecule has 4 heteroatoms. The second kappa shape index (κ2) is 5.78. The van der Waals surface area contributed by atoms with Crippen LogP contribution >= 0.6 is 0 Å². The lowest BCUT2D eigenvalue weighted by molar-refractivity contribution is -0.117. The Morgan fingerprint density at radius 3 is 3.14 bits per heavy atom. The van der Waals surface area contributed by atoms with Gasteiger partial charge >= 0.3 is 0 Å². The van der Waals surface area contributed by atoms with Gasteiger partial charge in [0.25, 0.3) is 0 Å². The van der Waals surface area contributed by atoms with Crippen molar-refractivity contribution < 1.29 is 9.53 Å². The molecule has 1 aliphatic heterocycles. The van der Waals surface area contributed by atoms with Gasteiger partial charge in [0, 0.05) is 19.6 Å². The molecule has 0 radical (unpaired) electrons. The van der Waals surface area contributed by atoms with Gasteiger partial charge in [0.2, 0.25) is 5.91 Å². The highest BCUT2D eigenvalue weighted by atomic mass is 16.5. The van der Waals surface area contributed by atoms with Crippen LogP contribution in [0.5, 0.6) is 0 Å². The minimum absolute atomic E-state index is 0.0515. The molecule has 1 heterocycles. The highest BCUT2D eigenvalue weighted by Gasteiger charge is 2.17. The lowest BCUT2D eigenvalue weighted by atomic mass is 10.3. The van der Waals surface area contributed by atoms with Crippen molar-refractivity contribution in [1.82, 2.24) is 10.2 Å². The molecule has 80 valence electrons.